The van der Waals surface area contributed by atoms with E-state index in [1.54, 1.807) is 11.1 Å². The third-order valence-corrected chi connectivity index (χ3v) is 5.24. The fourth-order valence-corrected chi connectivity index (χ4v) is 3.91. The minimum atomic E-state index is -2.55. The van der Waals surface area contributed by atoms with Crippen LogP contribution in [-0.4, -0.2) is 19.9 Å². The second-order valence-corrected chi connectivity index (χ2v) is 7.14. The van der Waals surface area contributed by atoms with Crippen molar-refractivity contribution in [3.05, 3.63) is 35.4 Å². The Morgan fingerprint density at radius 2 is 1.24 bits per heavy atom. The summed E-state index contributed by atoms with van der Waals surface area (Å²) in [6.45, 7) is 0. The molecule has 0 N–H and O–H groups in total. The highest BCUT2D eigenvalue weighted by Gasteiger charge is 2.16. The van der Waals surface area contributed by atoms with Gasteiger partial charge in [0.25, 0.3) is 0 Å². The van der Waals surface area contributed by atoms with Crippen molar-refractivity contribution >= 4 is 9.84 Å². The zero-order chi connectivity index (χ0) is 12.1. The van der Waals surface area contributed by atoms with E-state index in [0.29, 0.717) is 11.5 Å². The van der Waals surface area contributed by atoms with Gasteiger partial charge in [-0.2, -0.15) is 0 Å². The number of hydrogen-bond acceptors (Lipinski definition) is 2. The summed E-state index contributed by atoms with van der Waals surface area (Å²) in [5, 5.41) is 0. The highest BCUT2D eigenvalue weighted by Crippen LogP contribution is 2.19. The summed E-state index contributed by atoms with van der Waals surface area (Å²) in [6, 6.07) is 8.80. The maximum Gasteiger partial charge on any atom is 0.150 e. The largest absolute Gasteiger partial charge is 0.229 e. The fraction of sp³-hybridized carbons (Fsp3) is 0.571. The molecule has 0 saturated carbocycles. The predicted octanol–water partition coefficient (Wildman–Crippen LogP) is 2.76. The SMILES string of the molecule is O=S1(=O)CCCC1.c1ccc2c(c1)CCCC2. The topological polar surface area (TPSA) is 34.1 Å². The van der Waals surface area contributed by atoms with Crippen molar-refractivity contribution in [2.45, 2.75) is 38.5 Å². The summed E-state index contributed by atoms with van der Waals surface area (Å²) < 4.78 is 20.9. The van der Waals surface area contributed by atoms with Crippen molar-refractivity contribution in [3.8, 4) is 0 Å². The van der Waals surface area contributed by atoms with Gasteiger partial charge in [-0.3, -0.25) is 0 Å². The zero-order valence-electron chi connectivity index (χ0n) is 10.2. The molecule has 0 bridgehead atoms. The van der Waals surface area contributed by atoms with Crippen molar-refractivity contribution in [2.75, 3.05) is 11.5 Å². The van der Waals surface area contributed by atoms with E-state index < -0.39 is 9.84 Å². The number of sulfone groups is 1. The maximum atomic E-state index is 10.4. The lowest BCUT2D eigenvalue weighted by Gasteiger charge is -2.13. The van der Waals surface area contributed by atoms with Crippen LogP contribution in [0.3, 0.4) is 0 Å². The Bertz CT molecular complexity index is 426. The zero-order valence-corrected chi connectivity index (χ0v) is 11.0. The van der Waals surface area contributed by atoms with E-state index in [-0.39, 0.29) is 0 Å². The summed E-state index contributed by atoms with van der Waals surface area (Å²) in [7, 11) is -2.55. The van der Waals surface area contributed by atoms with E-state index in [1.807, 2.05) is 0 Å². The second-order valence-electron chi connectivity index (χ2n) is 4.83. The average molecular weight is 252 g/mol. The molecule has 17 heavy (non-hydrogen) atoms. The molecule has 0 aromatic heterocycles. The lowest BCUT2D eigenvalue weighted by molar-refractivity contribution is 0.602. The smallest absolute Gasteiger partial charge is 0.150 e. The molecule has 1 aliphatic carbocycles. The van der Waals surface area contributed by atoms with Crippen molar-refractivity contribution in [3.63, 3.8) is 0 Å². The van der Waals surface area contributed by atoms with E-state index in [0.717, 1.165) is 12.8 Å². The van der Waals surface area contributed by atoms with E-state index >= 15 is 0 Å². The molecule has 94 valence electrons. The molecular weight excluding hydrogens is 232 g/mol. The van der Waals surface area contributed by atoms with Crippen LogP contribution in [-0.2, 0) is 22.7 Å². The molecule has 3 rings (SSSR count). The number of fused-ring (bicyclic) bond motifs is 1. The van der Waals surface area contributed by atoms with Crippen LogP contribution in [0.4, 0.5) is 0 Å². The highest BCUT2D eigenvalue weighted by atomic mass is 32.2. The van der Waals surface area contributed by atoms with Crippen molar-refractivity contribution in [2.24, 2.45) is 0 Å². The molecule has 0 spiro atoms. The van der Waals surface area contributed by atoms with Crippen LogP contribution < -0.4 is 0 Å². The molecule has 1 aliphatic heterocycles. The third-order valence-electron chi connectivity index (χ3n) is 3.42. The van der Waals surface area contributed by atoms with Gasteiger partial charge in [0.1, 0.15) is 9.84 Å². The molecule has 1 fully saturated rings. The van der Waals surface area contributed by atoms with Gasteiger partial charge in [0.05, 0.1) is 11.5 Å². The van der Waals surface area contributed by atoms with Crippen molar-refractivity contribution in [1.82, 2.24) is 0 Å². The van der Waals surface area contributed by atoms with Gasteiger partial charge in [0, 0.05) is 0 Å². The lowest BCUT2D eigenvalue weighted by Crippen LogP contribution is -2.00. The number of hydrogen-bond donors (Lipinski definition) is 0. The molecule has 1 saturated heterocycles. The predicted molar refractivity (Wildman–Crippen MR) is 71.0 cm³/mol. The van der Waals surface area contributed by atoms with Gasteiger partial charge in [0.15, 0.2) is 0 Å². The molecule has 0 radical (unpaired) electrons. The Morgan fingerprint density at radius 1 is 0.765 bits per heavy atom. The fourth-order valence-electron chi connectivity index (χ4n) is 2.42. The number of benzene rings is 1. The monoisotopic (exact) mass is 252 g/mol. The summed E-state index contributed by atoms with van der Waals surface area (Å²) in [5.41, 5.74) is 3.16. The Kier molecular flexibility index (Phi) is 4.21. The minimum absolute atomic E-state index is 0.424. The molecule has 0 unspecified atom stereocenters. The molecular formula is C14H20O2S. The quantitative estimate of drug-likeness (QED) is 0.711. The standard InChI is InChI=1S/C10H12.C4H8O2S/c1-2-6-10-8-4-3-7-9(10)5-1;5-7(6)3-1-2-4-7/h1-2,5-6H,3-4,7-8H2;1-4H2. The summed E-state index contributed by atoms with van der Waals surface area (Å²) in [5.74, 6) is 0.847. The Morgan fingerprint density at radius 3 is 1.59 bits per heavy atom. The maximum absolute atomic E-state index is 10.4. The van der Waals surface area contributed by atoms with E-state index in [9.17, 15) is 8.42 Å². The second kappa shape index (κ2) is 5.67. The third kappa shape index (κ3) is 3.84. The lowest BCUT2D eigenvalue weighted by atomic mass is 9.92. The van der Waals surface area contributed by atoms with Crippen LogP contribution in [0.5, 0.6) is 0 Å². The summed E-state index contributed by atoms with van der Waals surface area (Å²) in [6.07, 6.45) is 7.13. The Labute approximate surface area is 104 Å². The average Bonchev–Trinajstić information content (AvgIpc) is 2.75. The molecule has 0 atom stereocenters. The van der Waals surface area contributed by atoms with Crippen molar-refractivity contribution < 1.29 is 8.42 Å². The van der Waals surface area contributed by atoms with Crippen molar-refractivity contribution in [1.29, 1.82) is 0 Å². The van der Waals surface area contributed by atoms with Gasteiger partial charge in [0.2, 0.25) is 0 Å². The first-order valence-corrected chi connectivity index (χ1v) is 8.27. The number of rotatable bonds is 0. The Hall–Kier alpha value is -0.830. The normalized spacial score (nSPS) is 21.2. The van der Waals surface area contributed by atoms with E-state index in [1.165, 1.54) is 25.7 Å². The van der Waals surface area contributed by atoms with Gasteiger partial charge in [-0.05, 0) is 49.7 Å². The molecule has 2 nitrogen and oxygen atoms in total. The van der Waals surface area contributed by atoms with E-state index in [4.69, 9.17) is 0 Å². The number of aryl methyl sites for hydroxylation is 2. The van der Waals surface area contributed by atoms with Crippen LogP contribution in [0.2, 0.25) is 0 Å². The van der Waals surface area contributed by atoms with Crippen LogP contribution in [0.1, 0.15) is 36.8 Å². The van der Waals surface area contributed by atoms with Gasteiger partial charge in [-0.1, -0.05) is 24.3 Å². The first-order chi connectivity index (χ1) is 8.17. The molecule has 0 amide bonds. The van der Waals surface area contributed by atoms with Crippen LogP contribution >= 0.6 is 0 Å². The van der Waals surface area contributed by atoms with Gasteiger partial charge in [-0.25, -0.2) is 8.42 Å². The highest BCUT2D eigenvalue weighted by molar-refractivity contribution is 7.91. The van der Waals surface area contributed by atoms with Gasteiger partial charge >= 0.3 is 0 Å². The summed E-state index contributed by atoms with van der Waals surface area (Å²) >= 11 is 0. The van der Waals surface area contributed by atoms with Gasteiger partial charge in [-0.15, -0.1) is 0 Å². The molecule has 1 aromatic rings. The van der Waals surface area contributed by atoms with Crippen LogP contribution in [0.25, 0.3) is 0 Å². The first kappa shape index (κ1) is 12.6. The Balaban J connectivity index is 0.000000136. The van der Waals surface area contributed by atoms with Crippen LogP contribution in [0, 0.1) is 0 Å². The molecule has 3 heteroatoms. The van der Waals surface area contributed by atoms with E-state index in [2.05, 4.69) is 24.3 Å². The molecule has 1 aromatic carbocycles. The molecule has 1 heterocycles. The van der Waals surface area contributed by atoms with Crippen LogP contribution in [0.15, 0.2) is 24.3 Å². The summed E-state index contributed by atoms with van der Waals surface area (Å²) in [4.78, 5) is 0. The van der Waals surface area contributed by atoms with Gasteiger partial charge < -0.3 is 0 Å². The minimum Gasteiger partial charge on any atom is -0.229 e. The first-order valence-electron chi connectivity index (χ1n) is 6.45. The molecule has 2 aliphatic rings.